The summed E-state index contributed by atoms with van der Waals surface area (Å²) in [6.45, 7) is 1.68. The maximum absolute atomic E-state index is 15.4. The Hall–Kier alpha value is -3.22. The Morgan fingerprint density at radius 3 is 2.48 bits per heavy atom. The van der Waals surface area contributed by atoms with Crippen molar-refractivity contribution in [3.8, 4) is 11.4 Å². The van der Waals surface area contributed by atoms with Gasteiger partial charge in [-0.2, -0.15) is 0 Å². The molecule has 1 aliphatic carbocycles. The summed E-state index contributed by atoms with van der Waals surface area (Å²) in [5, 5.41) is -0.203. The predicted molar refractivity (Wildman–Crippen MR) is 104 cm³/mol. The number of rotatable bonds is 5. The van der Waals surface area contributed by atoms with Crippen molar-refractivity contribution in [3.63, 3.8) is 0 Å². The smallest absolute Gasteiger partial charge is 0.343 e. The first kappa shape index (κ1) is 19.1. The molecular formula is C22H19F2NO4. The minimum absolute atomic E-state index is 0.0111. The summed E-state index contributed by atoms with van der Waals surface area (Å²) in [7, 11) is 1.52. The van der Waals surface area contributed by atoms with Crippen LogP contribution >= 0.6 is 0 Å². The van der Waals surface area contributed by atoms with Gasteiger partial charge >= 0.3 is 5.97 Å². The van der Waals surface area contributed by atoms with Gasteiger partial charge in [-0.05, 0) is 56.0 Å². The number of hydrogen-bond donors (Lipinski definition) is 0. The maximum Gasteiger partial charge on any atom is 0.343 e. The van der Waals surface area contributed by atoms with E-state index in [0.717, 1.165) is 6.07 Å². The topological polar surface area (TPSA) is 57.5 Å². The molecule has 7 heteroatoms. The van der Waals surface area contributed by atoms with Crippen LogP contribution in [0.4, 0.5) is 8.78 Å². The van der Waals surface area contributed by atoms with E-state index in [2.05, 4.69) is 0 Å². The third kappa shape index (κ3) is 3.26. The first-order valence-electron chi connectivity index (χ1n) is 9.35. The van der Waals surface area contributed by atoms with Gasteiger partial charge in [0.15, 0.2) is 5.82 Å². The van der Waals surface area contributed by atoms with Gasteiger partial charge in [-0.1, -0.05) is 0 Å². The maximum atomic E-state index is 15.4. The second-order valence-electron chi connectivity index (χ2n) is 6.92. The summed E-state index contributed by atoms with van der Waals surface area (Å²) >= 11 is 0. The number of carbonyl (C=O) groups excluding carboxylic acids is 1. The van der Waals surface area contributed by atoms with Crippen LogP contribution in [0.3, 0.4) is 0 Å². The van der Waals surface area contributed by atoms with Crippen LogP contribution in [-0.2, 0) is 4.74 Å². The van der Waals surface area contributed by atoms with Crippen LogP contribution in [0.1, 0.15) is 41.6 Å². The molecule has 1 aromatic heterocycles. The van der Waals surface area contributed by atoms with Crippen molar-refractivity contribution < 1.29 is 23.0 Å². The minimum Gasteiger partial charge on any atom is -0.497 e. The molecular weight excluding hydrogens is 380 g/mol. The van der Waals surface area contributed by atoms with Gasteiger partial charge in [-0.25, -0.2) is 13.6 Å². The Morgan fingerprint density at radius 1 is 1.21 bits per heavy atom. The molecule has 0 saturated heterocycles. The number of ether oxygens (including phenoxy) is 2. The monoisotopic (exact) mass is 399 g/mol. The Morgan fingerprint density at radius 2 is 1.90 bits per heavy atom. The lowest BCUT2D eigenvalue weighted by molar-refractivity contribution is 0.0524. The fraction of sp³-hybridized carbons (Fsp3) is 0.273. The first-order valence-corrected chi connectivity index (χ1v) is 9.35. The third-order valence-electron chi connectivity index (χ3n) is 5.05. The van der Waals surface area contributed by atoms with Crippen molar-refractivity contribution in [1.29, 1.82) is 0 Å². The molecule has 0 spiro atoms. The van der Waals surface area contributed by atoms with E-state index < -0.39 is 23.0 Å². The molecule has 0 aliphatic heterocycles. The number of carbonyl (C=O) groups is 1. The van der Waals surface area contributed by atoms with Gasteiger partial charge in [-0.3, -0.25) is 4.79 Å². The van der Waals surface area contributed by atoms with Crippen molar-refractivity contribution in [2.45, 2.75) is 25.7 Å². The minimum atomic E-state index is -0.839. The van der Waals surface area contributed by atoms with Crippen LogP contribution in [-0.4, -0.2) is 24.3 Å². The summed E-state index contributed by atoms with van der Waals surface area (Å²) in [4.78, 5) is 25.2. The molecule has 0 atom stereocenters. The van der Waals surface area contributed by atoms with Crippen LogP contribution in [0.15, 0.2) is 41.3 Å². The van der Waals surface area contributed by atoms with Crippen molar-refractivity contribution in [3.05, 3.63) is 69.5 Å². The molecule has 0 bridgehead atoms. The van der Waals surface area contributed by atoms with E-state index in [1.54, 1.807) is 31.2 Å². The average Bonchev–Trinajstić information content (AvgIpc) is 3.54. The molecule has 0 radical (unpaired) electrons. The van der Waals surface area contributed by atoms with Crippen molar-refractivity contribution >= 4 is 16.9 Å². The molecule has 2 aromatic carbocycles. The largest absolute Gasteiger partial charge is 0.497 e. The second-order valence-corrected chi connectivity index (χ2v) is 6.92. The Bertz CT molecular complexity index is 1160. The van der Waals surface area contributed by atoms with Gasteiger partial charge < -0.3 is 14.0 Å². The molecule has 5 nitrogen and oxygen atoms in total. The fourth-order valence-corrected chi connectivity index (χ4v) is 3.48. The highest BCUT2D eigenvalue weighted by Crippen LogP contribution is 2.44. The number of benzene rings is 2. The number of halogens is 2. The van der Waals surface area contributed by atoms with Crippen LogP contribution in [0.25, 0.3) is 16.6 Å². The Balaban J connectivity index is 2.07. The number of nitrogens with zero attached hydrogens (tertiary/aromatic N) is 1. The van der Waals surface area contributed by atoms with Gasteiger partial charge in [0.25, 0.3) is 0 Å². The molecule has 0 unspecified atom stereocenters. The molecule has 0 N–H and O–H groups in total. The molecule has 1 heterocycles. The summed E-state index contributed by atoms with van der Waals surface area (Å²) < 4.78 is 41.6. The molecule has 3 aromatic rings. The average molecular weight is 399 g/mol. The lowest BCUT2D eigenvalue weighted by Gasteiger charge is -2.16. The molecule has 1 saturated carbocycles. The summed E-state index contributed by atoms with van der Waals surface area (Å²) in [5.74, 6) is -1.98. The lowest BCUT2D eigenvalue weighted by atomic mass is 10.0. The molecule has 1 aliphatic rings. The molecule has 150 valence electrons. The SMILES string of the molecule is CCOC(=O)c1cn(-c2ccc(OC)cc2)c2c(F)c(C3CC3)c(F)cc2c1=O. The van der Waals surface area contributed by atoms with E-state index in [9.17, 15) is 14.0 Å². The van der Waals surface area contributed by atoms with E-state index in [1.165, 1.54) is 17.9 Å². The van der Waals surface area contributed by atoms with Crippen molar-refractivity contribution in [2.75, 3.05) is 13.7 Å². The molecule has 29 heavy (non-hydrogen) atoms. The van der Waals surface area contributed by atoms with Crippen LogP contribution in [0.2, 0.25) is 0 Å². The molecule has 0 amide bonds. The van der Waals surface area contributed by atoms with Crippen molar-refractivity contribution in [1.82, 2.24) is 4.57 Å². The zero-order chi connectivity index (χ0) is 20.7. The van der Waals surface area contributed by atoms with Gasteiger partial charge in [0.05, 0.1) is 24.6 Å². The van der Waals surface area contributed by atoms with E-state index in [4.69, 9.17) is 9.47 Å². The quantitative estimate of drug-likeness (QED) is 0.599. The number of pyridine rings is 1. The fourth-order valence-electron chi connectivity index (χ4n) is 3.48. The van der Waals surface area contributed by atoms with E-state index in [-0.39, 0.29) is 34.6 Å². The number of esters is 1. The van der Waals surface area contributed by atoms with Crippen LogP contribution in [0.5, 0.6) is 5.75 Å². The van der Waals surface area contributed by atoms with Crippen molar-refractivity contribution in [2.24, 2.45) is 0 Å². The van der Waals surface area contributed by atoms with Gasteiger partial charge in [0, 0.05) is 17.4 Å². The lowest BCUT2D eigenvalue weighted by Crippen LogP contribution is -2.21. The first-order chi connectivity index (χ1) is 14.0. The highest BCUT2D eigenvalue weighted by atomic mass is 19.1. The predicted octanol–water partition coefficient (Wildman–Crippen LogP) is 4.33. The zero-order valence-corrected chi connectivity index (χ0v) is 16.0. The zero-order valence-electron chi connectivity index (χ0n) is 16.0. The van der Waals surface area contributed by atoms with E-state index in [0.29, 0.717) is 24.3 Å². The molecule has 1 fully saturated rings. The third-order valence-corrected chi connectivity index (χ3v) is 5.05. The van der Waals surface area contributed by atoms with Crippen LogP contribution < -0.4 is 10.2 Å². The van der Waals surface area contributed by atoms with Gasteiger partial charge in [0.2, 0.25) is 5.43 Å². The number of methoxy groups -OCH3 is 1. The standard InChI is InChI=1S/C22H19F2NO4/c1-3-29-22(27)16-11-25(13-6-8-14(28-2)9-7-13)20-15(21(16)26)10-17(23)18(19(20)24)12-4-5-12/h6-12H,3-5H2,1-2H3. The summed E-state index contributed by atoms with van der Waals surface area (Å²) in [6, 6.07) is 7.70. The normalized spacial score (nSPS) is 13.5. The number of hydrogen-bond acceptors (Lipinski definition) is 4. The summed E-state index contributed by atoms with van der Waals surface area (Å²) in [6.07, 6.45) is 2.65. The van der Waals surface area contributed by atoms with E-state index >= 15 is 4.39 Å². The molecule has 4 rings (SSSR count). The number of fused-ring (bicyclic) bond motifs is 1. The highest BCUT2D eigenvalue weighted by molar-refractivity contribution is 5.94. The van der Waals surface area contributed by atoms with Gasteiger partial charge in [0.1, 0.15) is 17.1 Å². The Labute approximate surface area is 165 Å². The summed E-state index contributed by atoms with van der Waals surface area (Å²) in [5.41, 5.74) is -0.621. The van der Waals surface area contributed by atoms with E-state index in [1.807, 2.05) is 0 Å². The highest BCUT2D eigenvalue weighted by Gasteiger charge is 2.32. The van der Waals surface area contributed by atoms with Crippen LogP contribution in [0, 0.1) is 11.6 Å². The van der Waals surface area contributed by atoms with Gasteiger partial charge in [-0.15, -0.1) is 0 Å². The number of aromatic nitrogens is 1. The Kier molecular flexibility index (Phi) is 4.82. The second kappa shape index (κ2) is 7.31.